The summed E-state index contributed by atoms with van der Waals surface area (Å²) < 4.78 is 2.24. The number of guanidine groups is 1. The van der Waals surface area contributed by atoms with Crippen LogP contribution in [0.5, 0.6) is 0 Å². The van der Waals surface area contributed by atoms with Crippen LogP contribution in [0.15, 0.2) is 23.7 Å². The highest BCUT2D eigenvalue weighted by Gasteiger charge is 2.28. The Hall–Kier alpha value is -1.52. The van der Waals surface area contributed by atoms with E-state index in [0.717, 1.165) is 25.6 Å². The molecule has 23 heavy (non-hydrogen) atoms. The SMILES string of the molecule is CN=C(NCCCC(C)(C)C)N1CCC(C)C(n2ccnc2)C1. The molecule has 1 fully saturated rings. The molecule has 0 bridgehead atoms. The Morgan fingerprint density at radius 1 is 1.39 bits per heavy atom. The Kier molecular flexibility index (Phi) is 6.08. The molecule has 2 unspecified atom stereocenters. The number of rotatable bonds is 4. The first-order chi connectivity index (χ1) is 10.9. The molecule has 0 spiro atoms. The molecule has 1 N–H and O–H groups in total. The molecule has 2 heterocycles. The maximum Gasteiger partial charge on any atom is 0.193 e. The molecule has 2 atom stereocenters. The minimum absolute atomic E-state index is 0.401. The number of nitrogens with one attached hydrogen (secondary N) is 1. The first kappa shape index (κ1) is 17.8. The first-order valence-electron chi connectivity index (χ1n) is 8.84. The quantitative estimate of drug-likeness (QED) is 0.527. The lowest BCUT2D eigenvalue weighted by molar-refractivity contribution is 0.189. The highest BCUT2D eigenvalue weighted by atomic mass is 15.3. The third kappa shape index (κ3) is 5.26. The summed E-state index contributed by atoms with van der Waals surface area (Å²) in [5, 5.41) is 3.54. The summed E-state index contributed by atoms with van der Waals surface area (Å²) in [6.45, 7) is 12.3. The van der Waals surface area contributed by atoms with Crippen LogP contribution in [-0.2, 0) is 0 Å². The van der Waals surface area contributed by atoms with E-state index in [1.165, 1.54) is 19.3 Å². The summed E-state index contributed by atoms with van der Waals surface area (Å²) in [7, 11) is 1.89. The van der Waals surface area contributed by atoms with Crippen LogP contribution < -0.4 is 5.32 Å². The van der Waals surface area contributed by atoms with Gasteiger partial charge in [-0.1, -0.05) is 27.7 Å². The van der Waals surface area contributed by atoms with Gasteiger partial charge in [-0.05, 0) is 30.6 Å². The predicted octanol–water partition coefficient (Wildman–Crippen LogP) is 3.17. The topological polar surface area (TPSA) is 45.5 Å². The van der Waals surface area contributed by atoms with E-state index in [4.69, 9.17) is 0 Å². The van der Waals surface area contributed by atoms with E-state index in [2.05, 4.69) is 58.7 Å². The molecule has 5 heteroatoms. The molecule has 0 radical (unpaired) electrons. The molecule has 1 aromatic heterocycles. The average Bonchev–Trinajstić information content (AvgIpc) is 3.01. The van der Waals surface area contributed by atoms with Crippen LogP contribution in [0.2, 0.25) is 0 Å². The minimum Gasteiger partial charge on any atom is -0.356 e. The van der Waals surface area contributed by atoms with Crippen molar-refractivity contribution in [1.82, 2.24) is 19.8 Å². The molecule has 0 amide bonds. The van der Waals surface area contributed by atoms with Gasteiger partial charge in [-0.15, -0.1) is 0 Å². The number of piperidine rings is 1. The van der Waals surface area contributed by atoms with E-state index < -0.39 is 0 Å². The smallest absolute Gasteiger partial charge is 0.193 e. The monoisotopic (exact) mass is 319 g/mol. The van der Waals surface area contributed by atoms with Crippen molar-refractivity contribution < 1.29 is 0 Å². The Balaban J connectivity index is 1.88. The van der Waals surface area contributed by atoms with Gasteiger partial charge in [0.05, 0.1) is 12.4 Å². The summed E-state index contributed by atoms with van der Waals surface area (Å²) >= 11 is 0. The predicted molar refractivity (Wildman–Crippen MR) is 96.7 cm³/mol. The standard InChI is InChI=1S/C18H33N5/c1-15-7-11-22(13-16(15)23-12-10-20-14-23)17(19-5)21-9-6-8-18(2,3)4/h10,12,14-16H,6-9,11,13H2,1-5H3,(H,19,21). The van der Waals surface area contributed by atoms with Crippen LogP contribution in [0.1, 0.15) is 53.0 Å². The zero-order chi connectivity index (χ0) is 16.9. The maximum atomic E-state index is 4.49. The van der Waals surface area contributed by atoms with Crippen LogP contribution in [0.4, 0.5) is 0 Å². The van der Waals surface area contributed by atoms with E-state index in [1.807, 2.05) is 19.6 Å². The number of aromatic nitrogens is 2. The second-order valence-electron chi connectivity index (χ2n) is 7.93. The Bertz CT molecular complexity index is 486. The van der Waals surface area contributed by atoms with Gasteiger partial charge in [0.2, 0.25) is 0 Å². The Morgan fingerprint density at radius 2 is 2.17 bits per heavy atom. The molecular formula is C18H33N5. The summed E-state index contributed by atoms with van der Waals surface area (Å²) in [5.74, 6) is 1.70. The van der Waals surface area contributed by atoms with Crippen LogP contribution in [0.25, 0.3) is 0 Å². The van der Waals surface area contributed by atoms with Gasteiger partial charge in [0.25, 0.3) is 0 Å². The summed E-state index contributed by atoms with van der Waals surface area (Å²) in [4.78, 5) is 11.1. The van der Waals surface area contributed by atoms with Gasteiger partial charge in [-0.25, -0.2) is 4.98 Å². The molecule has 2 rings (SSSR count). The molecule has 130 valence electrons. The van der Waals surface area contributed by atoms with Gasteiger partial charge in [-0.2, -0.15) is 0 Å². The Labute approximate surface area is 141 Å². The summed E-state index contributed by atoms with van der Waals surface area (Å²) in [6, 6.07) is 0.472. The average molecular weight is 319 g/mol. The molecule has 5 nitrogen and oxygen atoms in total. The van der Waals surface area contributed by atoms with E-state index in [0.29, 0.717) is 17.4 Å². The number of aliphatic imine (C=N–C) groups is 1. The number of likely N-dealkylation sites (tertiary alicyclic amines) is 1. The van der Waals surface area contributed by atoms with Gasteiger partial charge >= 0.3 is 0 Å². The summed E-state index contributed by atoms with van der Waals surface area (Å²) in [5.41, 5.74) is 0.401. The van der Waals surface area contributed by atoms with Crippen LogP contribution in [0.3, 0.4) is 0 Å². The maximum absolute atomic E-state index is 4.49. The first-order valence-corrected chi connectivity index (χ1v) is 8.84. The normalized spacial score (nSPS) is 23.2. The van der Waals surface area contributed by atoms with Crippen LogP contribution >= 0.6 is 0 Å². The van der Waals surface area contributed by atoms with Gasteiger partial charge in [-0.3, -0.25) is 4.99 Å². The van der Waals surface area contributed by atoms with E-state index in [-0.39, 0.29) is 0 Å². The van der Waals surface area contributed by atoms with Crippen molar-refractivity contribution in [3.8, 4) is 0 Å². The number of hydrogen-bond acceptors (Lipinski definition) is 2. The zero-order valence-electron chi connectivity index (χ0n) is 15.4. The lowest BCUT2D eigenvalue weighted by Crippen LogP contribution is -2.49. The van der Waals surface area contributed by atoms with Gasteiger partial charge in [0.1, 0.15) is 0 Å². The number of nitrogens with zero attached hydrogens (tertiary/aromatic N) is 4. The third-order valence-corrected chi connectivity index (χ3v) is 4.72. The van der Waals surface area contributed by atoms with E-state index in [1.54, 1.807) is 0 Å². The highest BCUT2D eigenvalue weighted by molar-refractivity contribution is 5.80. The highest BCUT2D eigenvalue weighted by Crippen LogP contribution is 2.27. The lowest BCUT2D eigenvalue weighted by atomic mass is 9.91. The van der Waals surface area contributed by atoms with Crippen molar-refractivity contribution in [3.05, 3.63) is 18.7 Å². The van der Waals surface area contributed by atoms with Gasteiger partial charge < -0.3 is 14.8 Å². The fourth-order valence-electron chi connectivity index (χ4n) is 3.25. The van der Waals surface area contributed by atoms with Crippen LogP contribution in [-0.4, -0.2) is 47.1 Å². The molecule has 0 saturated carbocycles. The van der Waals surface area contributed by atoms with Crippen molar-refractivity contribution in [2.24, 2.45) is 16.3 Å². The van der Waals surface area contributed by atoms with Gasteiger partial charge in [0, 0.05) is 39.1 Å². The van der Waals surface area contributed by atoms with Crippen molar-refractivity contribution in [1.29, 1.82) is 0 Å². The molecule has 0 aliphatic carbocycles. The van der Waals surface area contributed by atoms with Crippen molar-refractivity contribution in [3.63, 3.8) is 0 Å². The molecule has 1 aliphatic rings. The third-order valence-electron chi connectivity index (χ3n) is 4.72. The number of hydrogen-bond donors (Lipinski definition) is 1. The van der Waals surface area contributed by atoms with Crippen molar-refractivity contribution in [2.45, 2.75) is 53.0 Å². The molecule has 0 aromatic carbocycles. The minimum atomic E-state index is 0.401. The van der Waals surface area contributed by atoms with Gasteiger partial charge in [0.15, 0.2) is 5.96 Å². The molecular weight excluding hydrogens is 286 g/mol. The number of imidazole rings is 1. The zero-order valence-corrected chi connectivity index (χ0v) is 15.4. The van der Waals surface area contributed by atoms with E-state index >= 15 is 0 Å². The van der Waals surface area contributed by atoms with Crippen molar-refractivity contribution >= 4 is 5.96 Å². The fraction of sp³-hybridized carbons (Fsp3) is 0.778. The van der Waals surface area contributed by atoms with E-state index in [9.17, 15) is 0 Å². The van der Waals surface area contributed by atoms with Crippen LogP contribution in [0, 0.1) is 11.3 Å². The second-order valence-corrected chi connectivity index (χ2v) is 7.93. The summed E-state index contributed by atoms with van der Waals surface area (Å²) in [6.07, 6.45) is 9.47. The molecule has 1 aromatic rings. The Morgan fingerprint density at radius 3 is 2.78 bits per heavy atom. The molecule has 1 saturated heterocycles. The largest absolute Gasteiger partial charge is 0.356 e. The van der Waals surface area contributed by atoms with Crippen molar-refractivity contribution in [2.75, 3.05) is 26.7 Å². The lowest BCUT2D eigenvalue weighted by Gasteiger charge is -2.39. The second kappa shape index (κ2) is 7.84. The molecule has 1 aliphatic heterocycles. The fourth-order valence-corrected chi connectivity index (χ4v) is 3.25.